The summed E-state index contributed by atoms with van der Waals surface area (Å²) in [5, 5.41) is 0. The Hall–Kier alpha value is -0.520. The number of hydrogen-bond donors (Lipinski definition) is 1. The number of rotatable bonds is 4. The van der Waals surface area contributed by atoms with Gasteiger partial charge in [-0.3, -0.25) is 0 Å². The van der Waals surface area contributed by atoms with Crippen molar-refractivity contribution in [1.29, 1.82) is 0 Å². The summed E-state index contributed by atoms with van der Waals surface area (Å²) in [6, 6.07) is 2.34. The fraction of sp³-hybridized carbons (Fsp3) is 0.538. The molecule has 0 saturated carbocycles. The third kappa shape index (κ3) is 3.08. The molecular weight excluding hydrogens is 304 g/mol. The van der Waals surface area contributed by atoms with Crippen LogP contribution < -0.4 is 5.73 Å². The van der Waals surface area contributed by atoms with E-state index < -0.39 is 11.6 Å². The van der Waals surface area contributed by atoms with Crippen LogP contribution in [-0.4, -0.2) is 12.7 Å². The zero-order chi connectivity index (χ0) is 13.1. The molecule has 1 aliphatic rings. The Morgan fingerprint density at radius 3 is 2.89 bits per heavy atom. The maximum Gasteiger partial charge on any atom is 0.173 e. The van der Waals surface area contributed by atoms with Crippen molar-refractivity contribution >= 4 is 15.9 Å². The highest BCUT2D eigenvalue weighted by Crippen LogP contribution is 2.30. The molecule has 18 heavy (non-hydrogen) atoms. The van der Waals surface area contributed by atoms with Crippen LogP contribution in [0.1, 0.15) is 37.3 Å². The average Bonchev–Trinajstić information content (AvgIpc) is 2.86. The summed E-state index contributed by atoms with van der Waals surface area (Å²) in [5.41, 5.74) is 6.62. The molecule has 0 bridgehead atoms. The van der Waals surface area contributed by atoms with Gasteiger partial charge in [-0.2, -0.15) is 0 Å². The molecule has 100 valence electrons. The van der Waals surface area contributed by atoms with Gasteiger partial charge in [-0.1, -0.05) is 6.07 Å². The van der Waals surface area contributed by atoms with Crippen LogP contribution in [0.4, 0.5) is 8.78 Å². The van der Waals surface area contributed by atoms with Crippen LogP contribution in [0.5, 0.6) is 0 Å². The second-order valence-electron chi connectivity index (χ2n) is 4.58. The minimum atomic E-state index is -0.875. The molecule has 0 aromatic heterocycles. The van der Waals surface area contributed by atoms with Gasteiger partial charge in [0, 0.05) is 12.6 Å². The lowest BCUT2D eigenvalue weighted by Gasteiger charge is -2.16. The van der Waals surface area contributed by atoms with E-state index in [1.165, 1.54) is 6.07 Å². The lowest BCUT2D eigenvalue weighted by Crippen LogP contribution is -2.15. The lowest BCUT2D eigenvalue weighted by atomic mass is 10.00. The summed E-state index contributed by atoms with van der Waals surface area (Å²) in [5.74, 6) is -1.74. The molecule has 0 radical (unpaired) electrons. The molecule has 0 amide bonds. The quantitative estimate of drug-likeness (QED) is 0.859. The van der Waals surface area contributed by atoms with E-state index in [1.807, 2.05) is 0 Å². The van der Waals surface area contributed by atoms with Crippen molar-refractivity contribution in [3.8, 4) is 0 Å². The smallest absolute Gasteiger partial charge is 0.173 e. The molecular formula is C13H16BrF2NO. The number of halogens is 3. The maximum absolute atomic E-state index is 13.4. The first-order valence-electron chi connectivity index (χ1n) is 6.10. The van der Waals surface area contributed by atoms with Gasteiger partial charge in [0.1, 0.15) is 0 Å². The molecule has 1 aliphatic heterocycles. The molecule has 1 heterocycles. The molecule has 1 saturated heterocycles. The highest BCUT2D eigenvalue weighted by atomic mass is 79.9. The maximum atomic E-state index is 13.4. The molecule has 2 atom stereocenters. The van der Waals surface area contributed by atoms with Crippen LogP contribution in [0.25, 0.3) is 0 Å². The largest absolute Gasteiger partial charge is 0.378 e. The zero-order valence-corrected chi connectivity index (χ0v) is 11.6. The Balaban J connectivity index is 1.99. The Bertz CT molecular complexity index is 422. The van der Waals surface area contributed by atoms with Gasteiger partial charge in [0.2, 0.25) is 0 Å². The first-order chi connectivity index (χ1) is 8.59. The van der Waals surface area contributed by atoms with Gasteiger partial charge in [0.15, 0.2) is 11.6 Å². The number of benzene rings is 1. The highest BCUT2D eigenvalue weighted by molar-refractivity contribution is 9.10. The highest BCUT2D eigenvalue weighted by Gasteiger charge is 2.20. The normalized spacial score (nSPS) is 21.2. The van der Waals surface area contributed by atoms with E-state index in [4.69, 9.17) is 10.5 Å². The predicted octanol–water partition coefficient (Wildman–Crippen LogP) is 3.69. The van der Waals surface area contributed by atoms with E-state index in [0.29, 0.717) is 12.0 Å². The fourth-order valence-electron chi connectivity index (χ4n) is 2.22. The average molecular weight is 320 g/mol. The summed E-state index contributed by atoms with van der Waals surface area (Å²) >= 11 is 3.06. The van der Waals surface area contributed by atoms with Crippen molar-refractivity contribution in [3.63, 3.8) is 0 Å². The third-order valence-corrected chi connectivity index (χ3v) is 4.09. The van der Waals surface area contributed by atoms with Crippen molar-refractivity contribution in [2.75, 3.05) is 6.61 Å². The monoisotopic (exact) mass is 319 g/mol. The Morgan fingerprint density at radius 2 is 2.22 bits per heavy atom. The van der Waals surface area contributed by atoms with Gasteiger partial charge >= 0.3 is 0 Å². The number of nitrogens with two attached hydrogens (primary N) is 1. The Labute approximate surface area is 114 Å². The molecule has 1 fully saturated rings. The summed E-state index contributed by atoms with van der Waals surface area (Å²) in [7, 11) is 0. The van der Waals surface area contributed by atoms with Gasteiger partial charge in [-0.05, 0) is 53.2 Å². The van der Waals surface area contributed by atoms with Crippen molar-refractivity contribution in [2.24, 2.45) is 5.73 Å². The van der Waals surface area contributed by atoms with Crippen molar-refractivity contribution < 1.29 is 13.5 Å². The zero-order valence-electron chi connectivity index (χ0n) is 9.96. The summed E-state index contributed by atoms with van der Waals surface area (Å²) < 4.78 is 32.0. The number of hydrogen-bond acceptors (Lipinski definition) is 2. The first kappa shape index (κ1) is 13.9. The molecule has 1 aromatic carbocycles. The molecule has 0 spiro atoms. The summed E-state index contributed by atoms with van der Waals surface area (Å²) in [4.78, 5) is 0. The Kier molecular flexibility index (Phi) is 4.70. The first-order valence-corrected chi connectivity index (χ1v) is 6.89. The third-order valence-electron chi connectivity index (χ3n) is 3.29. The molecule has 2 rings (SSSR count). The minimum Gasteiger partial charge on any atom is -0.378 e. The SMILES string of the molecule is NC(CCC1CCCO1)c1ccc(F)c(F)c1Br. The predicted molar refractivity (Wildman–Crippen MR) is 69.2 cm³/mol. The molecule has 2 N–H and O–H groups in total. The van der Waals surface area contributed by atoms with E-state index >= 15 is 0 Å². The van der Waals surface area contributed by atoms with Crippen LogP contribution in [0.3, 0.4) is 0 Å². The second kappa shape index (κ2) is 6.08. The van der Waals surface area contributed by atoms with Crippen LogP contribution in [0.15, 0.2) is 16.6 Å². The molecule has 0 aliphatic carbocycles. The van der Waals surface area contributed by atoms with E-state index in [0.717, 1.165) is 31.9 Å². The van der Waals surface area contributed by atoms with Crippen molar-refractivity contribution in [2.45, 2.75) is 37.8 Å². The standard InChI is InChI=1S/C13H16BrF2NO/c14-12-9(4-5-10(15)13(12)16)11(17)6-3-8-2-1-7-18-8/h4-5,8,11H,1-3,6-7,17H2. The number of ether oxygens (including phenoxy) is 1. The van der Waals surface area contributed by atoms with Crippen LogP contribution in [0.2, 0.25) is 0 Å². The van der Waals surface area contributed by atoms with Crippen LogP contribution >= 0.6 is 15.9 Å². The summed E-state index contributed by atoms with van der Waals surface area (Å²) in [6.45, 7) is 0.814. The topological polar surface area (TPSA) is 35.2 Å². The van der Waals surface area contributed by atoms with Crippen molar-refractivity contribution in [3.05, 3.63) is 33.8 Å². The fourth-order valence-corrected chi connectivity index (χ4v) is 2.84. The van der Waals surface area contributed by atoms with Gasteiger partial charge in [0.25, 0.3) is 0 Å². The van der Waals surface area contributed by atoms with Gasteiger partial charge in [-0.25, -0.2) is 8.78 Å². The minimum absolute atomic E-state index is 0.127. The van der Waals surface area contributed by atoms with Crippen LogP contribution in [-0.2, 0) is 4.74 Å². The second-order valence-corrected chi connectivity index (χ2v) is 5.38. The van der Waals surface area contributed by atoms with E-state index in [2.05, 4.69) is 15.9 Å². The van der Waals surface area contributed by atoms with Crippen LogP contribution in [0, 0.1) is 11.6 Å². The molecule has 2 nitrogen and oxygen atoms in total. The van der Waals surface area contributed by atoms with Gasteiger partial charge in [-0.15, -0.1) is 0 Å². The molecule has 5 heteroatoms. The van der Waals surface area contributed by atoms with E-state index in [9.17, 15) is 8.78 Å². The van der Waals surface area contributed by atoms with E-state index in [-0.39, 0.29) is 16.6 Å². The lowest BCUT2D eigenvalue weighted by molar-refractivity contribution is 0.101. The molecule has 1 aromatic rings. The van der Waals surface area contributed by atoms with E-state index in [1.54, 1.807) is 0 Å². The van der Waals surface area contributed by atoms with Crippen molar-refractivity contribution in [1.82, 2.24) is 0 Å². The Morgan fingerprint density at radius 1 is 1.44 bits per heavy atom. The van der Waals surface area contributed by atoms with Gasteiger partial charge < -0.3 is 10.5 Å². The molecule has 2 unspecified atom stereocenters. The summed E-state index contributed by atoms with van der Waals surface area (Å²) in [6.07, 6.45) is 3.97. The van der Waals surface area contributed by atoms with Gasteiger partial charge in [0.05, 0.1) is 10.6 Å².